The summed E-state index contributed by atoms with van der Waals surface area (Å²) in [5, 5.41) is 0. The van der Waals surface area contributed by atoms with Crippen molar-refractivity contribution in [2.75, 3.05) is 0 Å². The lowest BCUT2D eigenvalue weighted by Gasteiger charge is -2.19. The minimum absolute atomic E-state index is 1.08. The van der Waals surface area contributed by atoms with Crippen LogP contribution in [-0.4, -0.2) is 0 Å². The van der Waals surface area contributed by atoms with Gasteiger partial charge in [-0.25, -0.2) is 0 Å². The molecule has 0 heterocycles. The molecule has 0 radical (unpaired) electrons. The smallest absolute Gasteiger partial charge is 0.00213 e. The van der Waals surface area contributed by atoms with E-state index in [0.717, 1.165) is 25.7 Å². The maximum atomic E-state index is 2.29. The fourth-order valence-electron chi connectivity index (χ4n) is 8.63. The van der Waals surface area contributed by atoms with Crippen LogP contribution < -0.4 is 0 Å². The Bertz CT molecular complexity index is 2280. The van der Waals surface area contributed by atoms with Crippen molar-refractivity contribution in [3.63, 3.8) is 0 Å². The van der Waals surface area contributed by atoms with Gasteiger partial charge in [-0.3, -0.25) is 0 Å². The average Bonchev–Trinajstić information content (AvgIpc) is 3.55. The molecule has 10 rings (SSSR count). The van der Waals surface area contributed by atoms with Crippen molar-refractivity contribution in [1.29, 1.82) is 0 Å². The normalized spacial score (nSPS) is 12.6. The Labute approximate surface area is 331 Å². The van der Waals surface area contributed by atoms with Gasteiger partial charge < -0.3 is 0 Å². The zero-order valence-corrected chi connectivity index (χ0v) is 31.6. The van der Waals surface area contributed by atoms with Gasteiger partial charge in [0, 0.05) is 0 Å². The summed E-state index contributed by atoms with van der Waals surface area (Å²) in [6.07, 6.45) is 4.31. The molecule has 0 fully saturated rings. The van der Waals surface area contributed by atoms with Crippen LogP contribution in [0.15, 0.2) is 218 Å². The number of benzene rings is 8. The second-order valence-corrected chi connectivity index (χ2v) is 14.6. The fourth-order valence-corrected chi connectivity index (χ4v) is 8.63. The van der Waals surface area contributed by atoms with Crippen molar-refractivity contribution in [3.8, 4) is 0 Å². The highest BCUT2D eigenvalue weighted by atomic mass is 14.3. The van der Waals surface area contributed by atoms with E-state index in [2.05, 4.69) is 218 Å². The van der Waals surface area contributed by atoms with Gasteiger partial charge in [-0.15, -0.1) is 0 Å². The summed E-state index contributed by atoms with van der Waals surface area (Å²) in [5.74, 6) is 0. The SMILES string of the molecule is c1ccc(C(=C2c3ccccc3CCc3ccccc32)c2ccccc2)cc1.c1ccc(C(=C2c3ccccc3CCc3ccccc32)c2ccccc2)cc1. The maximum absolute atomic E-state index is 2.29. The highest BCUT2D eigenvalue weighted by molar-refractivity contribution is 6.07. The predicted molar refractivity (Wildman–Crippen MR) is 236 cm³/mol. The Hall–Kier alpha value is -6.76. The summed E-state index contributed by atoms with van der Waals surface area (Å²) in [6.45, 7) is 0. The zero-order chi connectivity index (χ0) is 37.5. The quantitative estimate of drug-likeness (QED) is 0.170. The number of hydrogen-bond acceptors (Lipinski definition) is 0. The Morgan fingerprint density at radius 3 is 0.643 bits per heavy atom. The number of fused-ring (bicyclic) bond motifs is 4. The lowest BCUT2D eigenvalue weighted by atomic mass is 9.84. The minimum Gasteiger partial charge on any atom is -0.0622 e. The van der Waals surface area contributed by atoms with E-state index in [-0.39, 0.29) is 0 Å². The topological polar surface area (TPSA) is 0 Å². The largest absolute Gasteiger partial charge is 0.0622 e. The molecule has 0 bridgehead atoms. The van der Waals surface area contributed by atoms with Gasteiger partial charge in [0.2, 0.25) is 0 Å². The number of rotatable bonds is 4. The summed E-state index contributed by atoms with van der Waals surface area (Å²) < 4.78 is 0. The maximum Gasteiger partial charge on any atom is -0.00213 e. The van der Waals surface area contributed by atoms with Gasteiger partial charge in [0.05, 0.1) is 0 Å². The fraction of sp³-hybridized carbons (Fsp3) is 0.0714. The predicted octanol–water partition coefficient (Wildman–Crippen LogP) is 13.6. The van der Waals surface area contributed by atoms with Gasteiger partial charge in [0.15, 0.2) is 0 Å². The summed E-state index contributed by atoms with van der Waals surface area (Å²) in [6, 6.07) is 78.9. The van der Waals surface area contributed by atoms with Crippen molar-refractivity contribution in [2.24, 2.45) is 0 Å². The monoisotopic (exact) mass is 716 g/mol. The van der Waals surface area contributed by atoms with Crippen molar-refractivity contribution in [1.82, 2.24) is 0 Å². The first-order chi connectivity index (χ1) is 27.8. The zero-order valence-electron chi connectivity index (χ0n) is 31.6. The molecule has 0 spiro atoms. The average molecular weight is 717 g/mol. The molecule has 0 unspecified atom stereocenters. The van der Waals surface area contributed by atoms with E-state index >= 15 is 0 Å². The van der Waals surface area contributed by atoms with Crippen LogP contribution in [0.1, 0.15) is 66.8 Å². The standard InChI is InChI=1S/2C28H22/c2*1-3-13-23(14-4-1)27(24-15-5-2-6-16-24)28-25-17-9-7-11-21(25)19-20-22-12-8-10-18-26(22)28/h2*1-18H,19-20H2. The van der Waals surface area contributed by atoms with Gasteiger partial charge in [0.25, 0.3) is 0 Å². The van der Waals surface area contributed by atoms with E-state index in [9.17, 15) is 0 Å². The van der Waals surface area contributed by atoms with Crippen LogP contribution >= 0.6 is 0 Å². The molecule has 2 aliphatic carbocycles. The third-order valence-corrected chi connectivity index (χ3v) is 11.2. The molecule has 0 atom stereocenters. The van der Waals surface area contributed by atoms with E-state index in [1.165, 1.54) is 89.1 Å². The van der Waals surface area contributed by atoms with Crippen LogP contribution in [0, 0.1) is 0 Å². The first-order valence-electron chi connectivity index (χ1n) is 19.9. The Kier molecular flexibility index (Phi) is 10.2. The molecule has 268 valence electrons. The van der Waals surface area contributed by atoms with Crippen LogP contribution in [0.25, 0.3) is 22.3 Å². The first-order valence-corrected chi connectivity index (χ1v) is 19.9. The molecular formula is C56H44. The molecular weight excluding hydrogens is 673 g/mol. The number of hydrogen-bond donors (Lipinski definition) is 0. The summed E-state index contributed by atoms with van der Waals surface area (Å²) in [7, 11) is 0. The third-order valence-electron chi connectivity index (χ3n) is 11.2. The van der Waals surface area contributed by atoms with E-state index in [4.69, 9.17) is 0 Å². The molecule has 8 aromatic carbocycles. The van der Waals surface area contributed by atoms with Crippen LogP contribution in [0.5, 0.6) is 0 Å². The van der Waals surface area contributed by atoms with Gasteiger partial charge >= 0.3 is 0 Å². The Balaban J connectivity index is 0.000000146. The lowest BCUT2D eigenvalue weighted by molar-refractivity contribution is 0.965. The number of aryl methyl sites for hydroxylation is 4. The molecule has 0 nitrogen and oxygen atoms in total. The molecule has 56 heavy (non-hydrogen) atoms. The molecule has 0 saturated carbocycles. The highest BCUT2D eigenvalue weighted by Crippen LogP contribution is 2.43. The molecule has 0 saturated heterocycles. The van der Waals surface area contributed by atoms with Crippen molar-refractivity contribution in [2.45, 2.75) is 25.7 Å². The van der Waals surface area contributed by atoms with Gasteiger partial charge in [-0.05, 0) is 115 Å². The molecule has 2 aliphatic rings. The molecule has 0 heteroatoms. The lowest BCUT2D eigenvalue weighted by Crippen LogP contribution is -1.99. The van der Waals surface area contributed by atoms with Crippen molar-refractivity contribution >= 4 is 22.3 Å². The summed E-state index contributed by atoms with van der Waals surface area (Å²) >= 11 is 0. The van der Waals surface area contributed by atoms with E-state index in [1.807, 2.05) is 0 Å². The molecule has 0 amide bonds. The Morgan fingerprint density at radius 1 is 0.214 bits per heavy atom. The van der Waals surface area contributed by atoms with Gasteiger partial charge in [0.1, 0.15) is 0 Å². The second-order valence-electron chi connectivity index (χ2n) is 14.6. The van der Waals surface area contributed by atoms with Crippen LogP contribution in [0.2, 0.25) is 0 Å². The Morgan fingerprint density at radius 2 is 0.411 bits per heavy atom. The minimum atomic E-state index is 1.08. The van der Waals surface area contributed by atoms with Crippen molar-refractivity contribution < 1.29 is 0 Å². The first kappa shape index (κ1) is 35.0. The van der Waals surface area contributed by atoms with Gasteiger partial charge in [-0.1, -0.05) is 218 Å². The van der Waals surface area contributed by atoms with Crippen LogP contribution in [0.4, 0.5) is 0 Å². The summed E-state index contributed by atoms with van der Waals surface area (Å²) in [4.78, 5) is 0. The van der Waals surface area contributed by atoms with Gasteiger partial charge in [-0.2, -0.15) is 0 Å². The van der Waals surface area contributed by atoms with E-state index in [0.29, 0.717) is 0 Å². The molecule has 8 aromatic rings. The van der Waals surface area contributed by atoms with Crippen LogP contribution in [0.3, 0.4) is 0 Å². The van der Waals surface area contributed by atoms with Crippen molar-refractivity contribution in [3.05, 3.63) is 285 Å². The van der Waals surface area contributed by atoms with E-state index in [1.54, 1.807) is 0 Å². The highest BCUT2D eigenvalue weighted by Gasteiger charge is 2.24. The van der Waals surface area contributed by atoms with Crippen LogP contribution in [-0.2, 0) is 25.7 Å². The molecule has 0 N–H and O–H groups in total. The van der Waals surface area contributed by atoms with E-state index < -0.39 is 0 Å². The molecule has 0 aliphatic heterocycles. The second kappa shape index (κ2) is 16.3. The third kappa shape index (κ3) is 7.10. The molecule has 0 aromatic heterocycles. The summed E-state index contributed by atoms with van der Waals surface area (Å²) in [5.41, 5.74) is 21.5.